The molecule has 0 unspecified atom stereocenters. The van der Waals surface area contributed by atoms with Gasteiger partial charge in [-0.05, 0) is 48.5 Å². The van der Waals surface area contributed by atoms with Gasteiger partial charge in [-0.2, -0.15) is 0 Å². The Morgan fingerprint density at radius 1 is 0.760 bits per heavy atom. The van der Waals surface area contributed by atoms with Gasteiger partial charge in [-0.15, -0.1) is 0 Å². The molecule has 0 aliphatic carbocycles. The number of fused-ring (bicyclic) bond motifs is 3. The largest absolute Gasteiger partial charge is 0.355 e. The van der Waals surface area contributed by atoms with Crippen LogP contribution >= 0.6 is 11.8 Å². The van der Waals surface area contributed by atoms with Crippen LogP contribution < -0.4 is 15.5 Å². The Morgan fingerprint density at radius 3 is 2.20 bits per heavy atom. The summed E-state index contributed by atoms with van der Waals surface area (Å²) < 4.78 is 0. The number of rotatable bonds is 3. The molecule has 0 bridgehead atoms. The number of urea groups is 1. The third-order valence-corrected chi connectivity index (χ3v) is 4.23. The maximum Gasteiger partial charge on any atom is 0.323 e. The number of para-hydroxylation sites is 1. The highest BCUT2D eigenvalue weighted by atomic mass is 35.5. The van der Waals surface area contributed by atoms with E-state index < -0.39 is 0 Å². The minimum absolute atomic E-state index is 0.300. The van der Waals surface area contributed by atoms with Gasteiger partial charge in [-0.25, -0.2) is 4.79 Å². The molecular weight excluding hydrogens is 336 g/mol. The van der Waals surface area contributed by atoms with Crippen LogP contribution in [0.5, 0.6) is 0 Å². The first-order valence-electron chi connectivity index (χ1n) is 7.78. The second-order valence-corrected chi connectivity index (χ2v) is 5.87. The molecule has 25 heavy (non-hydrogen) atoms. The molecule has 6 heteroatoms. The van der Waals surface area contributed by atoms with Crippen molar-refractivity contribution < 1.29 is 4.79 Å². The minimum Gasteiger partial charge on any atom is -0.355 e. The van der Waals surface area contributed by atoms with Crippen LogP contribution in [-0.2, 0) is 0 Å². The number of H-pyrrole nitrogens is 1. The fourth-order valence-corrected chi connectivity index (χ4v) is 2.96. The number of carbonyl (C=O) groups is 1. The second-order valence-electron chi connectivity index (χ2n) is 5.68. The zero-order chi connectivity index (χ0) is 17.2. The number of benzene rings is 3. The van der Waals surface area contributed by atoms with Crippen LogP contribution in [0.1, 0.15) is 0 Å². The smallest absolute Gasteiger partial charge is 0.323 e. The first kappa shape index (κ1) is 15.4. The van der Waals surface area contributed by atoms with E-state index in [1.807, 2.05) is 36.4 Å². The summed E-state index contributed by atoms with van der Waals surface area (Å²) in [7, 11) is 0. The monoisotopic (exact) mass is 350 g/mol. The molecule has 0 radical (unpaired) electrons. The van der Waals surface area contributed by atoms with Crippen LogP contribution in [0.3, 0.4) is 0 Å². The normalized spacial score (nSPS) is 10.8. The van der Waals surface area contributed by atoms with Gasteiger partial charge in [0.05, 0.1) is 0 Å². The summed E-state index contributed by atoms with van der Waals surface area (Å²) in [6, 6.07) is 20.7. The van der Waals surface area contributed by atoms with Gasteiger partial charge in [-0.3, -0.25) is 4.84 Å². The fourth-order valence-electron chi connectivity index (χ4n) is 2.84. The average Bonchev–Trinajstić information content (AvgIpc) is 3.00. The molecule has 2 amide bonds. The van der Waals surface area contributed by atoms with E-state index in [0.29, 0.717) is 5.69 Å². The molecule has 1 aromatic heterocycles. The standard InChI is InChI=1S/C19H15ClN4O/c20-24-13-7-5-12(6-8-13)21-19(25)22-14-9-10-18-16(11-14)15-3-1-2-4-17(15)23-18/h1-11,23-24H,(H2,21,22,25). The molecule has 0 aliphatic rings. The van der Waals surface area contributed by atoms with Crippen LogP contribution in [0.15, 0.2) is 66.7 Å². The Balaban J connectivity index is 1.55. The molecule has 1 heterocycles. The number of halogens is 1. The lowest BCUT2D eigenvalue weighted by Crippen LogP contribution is -2.19. The van der Waals surface area contributed by atoms with Crippen LogP contribution in [0.4, 0.5) is 21.9 Å². The van der Waals surface area contributed by atoms with Crippen molar-refractivity contribution in [3.8, 4) is 0 Å². The third-order valence-electron chi connectivity index (χ3n) is 4.02. The highest BCUT2D eigenvalue weighted by Gasteiger charge is 2.07. The lowest BCUT2D eigenvalue weighted by Gasteiger charge is -2.08. The Morgan fingerprint density at radius 2 is 1.40 bits per heavy atom. The summed E-state index contributed by atoms with van der Waals surface area (Å²) in [5.41, 5.74) is 4.29. The van der Waals surface area contributed by atoms with E-state index in [0.717, 1.165) is 33.2 Å². The van der Waals surface area contributed by atoms with Crippen LogP contribution in [0.25, 0.3) is 21.8 Å². The van der Waals surface area contributed by atoms with E-state index in [1.54, 1.807) is 24.3 Å². The van der Waals surface area contributed by atoms with Crippen molar-refractivity contribution in [3.05, 3.63) is 66.7 Å². The third kappa shape index (κ3) is 3.09. The minimum atomic E-state index is -0.300. The van der Waals surface area contributed by atoms with Crippen molar-refractivity contribution >= 4 is 56.7 Å². The molecule has 0 saturated carbocycles. The quantitative estimate of drug-likeness (QED) is 0.367. The van der Waals surface area contributed by atoms with E-state index in [-0.39, 0.29) is 6.03 Å². The van der Waals surface area contributed by atoms with Gasteiger partial charge >= 0.3 is 6.03 Å². The maximum absolute atomic E-state index is 12.2. The van der Waals surface area contributed by atoms with Gasteiger partial charge in [0.2, 0.25) is 0 Å². The molecule has 0 spiro atoms. The van der Waals surface area contributed by atoms with Crippen LogP contribution in [0.2, 0.25) is 0 Å². The van der Waals surface area contributed by atoms with Crippen molar-refractivity contribution in [2.45, 2.75) is 0 Å². The van der Waals surface area contributed by atoms with Crippen molar-refractivity contribution in [2.24, 2.45) is 0 Å². The summed E-state index contributed by atoms with van der Waals surface area (Å²) in [6.45, 7) is 0. The molecule has 0 aliphatic heterocycles. The first-order valence-corrected chi connectivity index (χ1v) is 8.16. The van der Waals surface area contributed by atoms with Gasteiger partial charge in [-0.1, -0.05) is 18.2 Å². The van der Waals surface area contributed by atoms with Gasteiger partial charge in [0.15, 0.2) is 0 Å². The molecule has 0 atom stereocenters. The number of aromatic amines is 1. The Hall–Kier alpha value is -3.18. The summed E-state index contributed by atoms with van der Waals surface area (Å²) in [5, 5.41) is 7.86. The van der Waals surface area contributed by atoms with E-state index in [4.69, 9.17) is 11.8 Å². The molecule has 5 nitrogen and oxygen atoms in total. The first-order chi connectivity index (χ1) is 12.2. The van der Waals surface area contributed by atoms with Crippen molar-refractivity contribution in [1.82, 2.24) is 4.98 Å². The zero-order valence-corrected chi connectivity index (χ0v) is 13.9. The van der Waals surface area contributed by atoms with Crippen molar-refractivity contribution in [2.75, 3.05) is 15.5 Å². The maximum atomic E-state index is 12.2. The summed E-state index contributed by atoms with van der Waals surface area (Å²) in [6.07, 6.45) is 0. The zero-order valence-electron chi connectivity index (χ0n) is 13.1. The van der Waals surface area contributed by atoms with Crippen LogP contribution in [0, 0.1) is 0 Å². The Labute approximate surface area is 149 Å². The predicted molar refractivity (Wildman–Crippen MR) is 104 cm³/mol. The Bertz CT molecular complexity index is 1060. The lowest BCUT2D eigenvalue weighted by atomic mass is 10.1. The van der Waals surface area contributed by atoms with Crippen LogP contribution in [-0.4, -0.2) is 11.0 Å². The second kappa shape index (κ2) is 6.37. The summed E-state index contributed by atoms with van der Waals surface area (Å²) in [5.74, 6) is 0. The number of hydrogen-bond donors (Lipinski definition) is 4. The number of aromatic nitrogens is 1. The average molecular weight is 351 g/mol. The molecule has 0 saturated heterocycles. The van der Waals surface area contributed by atoms with Gasteiger partial charge in [0.25, 0.3) is 0 Å². The van der Waals surface area contributed by atoms with Gasteiger partial charge in [0, 0.05) is 50.6 Å². The van der Waals surface area contributed by atoms with Gasteiger partial charge < -0.3 is 15.6 Å². The van der Waals surface area contributed by atoms with Gasteiger partial charge in [0.1, 0.15) is 0 Å². The van der Waals surface area contributed by atoms with Crippen molar-refractivity contribution in [3.63, 3.8) is 0 Å². The Kier molecular flexibility index (Phi) is 3.91. The number of anilines is 3. The fraction of sp³-hybridized carbons (Fsp3) is 0. The number of nitrogens with one attached hydrogen (secondary N) is 4. The molecular formula is C19H15ClN4O. The number of amides is 2. The summed E-state index contributed by atoms with van der Waals surface area (Å²) >= 11 is 5.52. The lowest BCUT2D eigenvalue weighted by molar-refractivity contribution is 0.262. The van der Waals surface area contributed by atoms with E-state index in [2.05, 4.69) is 26.5 Å². The molecule has 4 N–H and O–H groups in total. The van der Waals surface area contributed by atoms with E-state index in [1.165, 1.54) is 0 Å². The molecule has 4 rings (SSSR count). The number of hydrogen-bond acceptors (Lipinski definition) is 2. The molecule has 0 fully saturated rings. The SMILES string of the molecule is O=C(Nc1ccc(NCl)cc1)Nc1ccc2[nH]c3ccccc3c2c1. The van der Waals surface area contributed by atoms with E-state index in [9.17, 15) is 4.79 Å². The highest BCUT2D eigenvalue weighted by Crippen LogP contribution is 2.27. The topological polar surface area (TPSA) is 69.0 Å². The predicted octanol–water partition coefficient (Wildman–Crippen LogP) is 5.53. The molecule has 124 valence electrons. The van der Waals surface area contributed by atoms with E-state index >= 15 is 0 Å². The highest BCUT2D eigenvalue weighted by molar-refractivity contribution is 6.24. The molecule has 3 aromatic carbocycles. The number of carbonyl (C=O) groups excluding carboxylic acids is 1. The van der Waals surface area contributed by atoms with Crippen molar-refractivity contribution in [1.29, 1.82) is 0 Å². The summed E-state index contributed by atoms with van der Waals surface area (Å²) in [4.78, 5) is 18.1. The molecule has 4 aromatic rings.